The maximum atomic E-state index is 14.0. The van der Waals surface area contributed by atoms with Crippen molar-refractivity contribution in [1.82, 2.24) is 5.32 Å². The van der Waals surface area contributed by atoms with Gasteiger partial charge in [-0.1, -0.05) is 19.8 Å². The quantitative estimate of drug-likeness (QED) is 0.714. The van der Waals surface area contributed by atoms with Crippen LogP contribution in [0.15, 0.2) is 0 Å². The van der Waals surface area contributed by atoms with Crippen molar-refractivity contribution in [1.29, 1.82) is 0 Å². The predicted octanol–water partition coefficient (Wildman–Crippen LogP) is 1.81. The maximum Gasteiger partial charge on any atom is 0.344 e. The number of hydrogen-bond donors (Lipinski definition) is 1. The molecule has 1 aliphatic carbocycles. The van der Waals surface area contributed by atoms with E-state index >= 15 is 0 Å². The van der Waals surface area contributed by atoms with E-state index in [-0.39, 0.29) is 13.0 Å². The van der Waals surface area contributed by atoms with Crippen molar-refractivity contribution in [3.05, 3.63) is 0 Å². The topological polar surface area (TPSA) is 38.3 Å². The summed E-state index contributed by atoms with van der Waals surface area (Å²) in [6.45, 7) is 1.73. The van der Waals surface area contributed by atoms with Crippen molar-refractivity contribution in [3.63, 3.8) is 0 Å². The van der Waals surface area contributed by atoms with Gasteiger partial charge < -0.3 is 10.1 Å². The number of alkyl halides is 1. The summed E-state index contributed by atoms with van der Waals surface area (Å²) in [4.78, 5) is 11.2. The standard InChI is InChI=1S/C11H20FNO2/c1-3-11(12,10(14)15-2)8-13-9-6-4-5-7-9/h9,13H,3-8H2,1-2H3. The maximum absolute atomic E-state index is 14.0. The fourth-order valence-electron chi connectivity index (χ4n) is 1.96. The van der Waals surface area contributed by atoms with Crippen LogP contribution in [0.25, 0.3) is 0 Å². The molecular formula is C11H20FNO2. The number of carbonyl (C=O) groups is 1. The molecule has 0 radical (unpaired) electrons. The first kappa shape index (κ1) is 12.4. The number of ether oxygens (including phenoxy) is 1. The molecule has 1 N–H and O–H groups in total. The second-order valence-corrected chi connectivity index (χ2v) is 4.17. The van der Waals surface area contributed by atoms with Gasteiger partial charge in [0.05, 0.1) is 7.11 Å². The molecule has 1 saturated carbocycles. The molecule has 0 aromatic heterocycles. The second kappa shape index (κ2) is 5.45. The Labute approximate surface area is 90.4 Å². The predicted molar refractivity (Wildman–Crippen MR) is 56.4 cm³/mol. The Morgan fingerprint density at radius 3 is 2.60 bits per heavy atom. The number of rotatable bonds is 5. The summed E-state index contributed by atoms with van der Waals surface area (Å²) < 4.78 is 18.5. The van der Waals surface area contributed by atoms with Crippen LogP contribution in [0.3, 0.4) is 0 Å². The zero-order valence-corrected chi connectivity index (χ0v) is 9.51. The van der Waals surface area contributed by atoms with Crippen molar-refractivity contribution in [3.8, 4) is 0 Å². The lowest BCUT2D eigenvalue weighted by atomic mass is 10.0. The van der Waals surface area contributed by atoms with Gasteiger partial charge in [0.25, 0.3) is 0 Å². The lowest BCUT2D eigenvalue weighted by molar-refractivity contribution is -0.154. The van der Waals surface area contributed by atoms with E-state index in [0.29, 0.717) is 6.04 Å². The van der Waals surface area contributed by atoms with Gasteiger partial charge in [0.15, 0.2) is 0 Å². The van der Waals surface area contributed by atoms with Crippen LogP contribution in [0, 0.1) is 0 Å². The first-order valence-corrected chi connectivity index (χ1v) is 5.63. The highest BCUT2D eigenvalue weighted by Gasteiger charge is 2.38. The van der Waals surface area contributed by atoms with Crippen molar-refractivity contribution in [2.24, 2.45) is 0 Å². The molecule has 1 aliphatic rings. The Morgan fingerprint density at radius 1 is 1.53 bits per heavy atom. The molecule has 4 heteroatoms. The highest BCUT2D eigenvalue weighted by molar-refractivity contribution is 5.79. The molecule has 88 valence electrons. The highest BCUT2D eigenvalue weighted by Crippen LogP contribution is 2.21. The molecule has 1 rings (SSSR count). The van der Waals surface area contributed by atoms with E-state index in [0.717, 1.165) is 12.8 Å². The third kappa shape index (κ3) is 3.16. The van der Waals surface area contributed by atoms with Crippen LogP contribution in [-0.4, -0.2) is 31.3 Å². The van der Waals surface area contributed by atoms with E-state index in [9.17, 15) is 9.18 Å². The van der Waals surface area contributed by atoms with E-state index in [1.807, 2.05) is 0 Å². The lowest BCUT2D eigenvalue weighted by Gasteiger charge is -2.23. The largest absolute Gasteiger partial charge is 0.467 e. The average molecular weight is 217 g/mol. The van der Waals surface area contributed by atoms with E-state index in [1.165, 1.54) is 20.0 Å². The number of nitrogens with one attached hydrogen (secondary N) is 1. The van der Waals surface area contributed by atoms with Crippen LogP contribution in [0.4, 0.5) is 4.39 Å². The Kier molecular flexibility index (Phi) is 4.51. The summed E-state index contributed by atoms with van der Waals surface area (Å²) in [7, 11) is 1.22. The molecule has 0 amide bonds. The molecule has 0 heterocycles. The third-order valence-electron chi connectivity index (χ3n) is 3.14. The fraction of sp³-hybridized carbons (Fsp3) is 0.909. The molecule has 0 saturated heterocycles. The molecule has 1 fully saturated rings. The van der Waals surface area contributed by atoms with Gasteiger partial charge >= 0.3 is 5.97 Å². The Morgan fingerprint density at radius 2 is 2.13 bits per heavy atom. The molecular weight excluding hydrogens is 197 g/mol. The van der Waals surface area contributed by atoms with Crippen LogP contribution in [0.2, 0.25) is 0 Å². The second-order valence-electron chi connectivity index (χ2n) is 4.17. The van der Waals surface area contributed by atoms with Gasteiger partial charge in [-0.15, -0.1) is 0 Å². The first-order chi connectivity index (χ1) is 7.12. The minimum atomic E-state index is -1.86. The zero-order valence-electron chi connectivity index (χ0n) is 9.51. The van der Waals surface area contributed by atoms with Gasteiger partial charge in [0.1, 0.15) is 0 Å². The van der Waals surface area contributed by atoms with Crippen molar-refractivity contribution < 1.29 is 13.9 Å². The number of carbonyl (C=O) groups excluding carboxylic acids is 1. The van der Waals surface area contributed by atoms with Crippen molar-refractivity contribution in [2.45, 2.75) is 50.7 Å². The van der Waals surface area contributed by atoms with Crippen LogP contribution >= 0.6 is 0 Å². The summed E-state index contributed by atoms with van der Waals surface area (Å²) in [6, 6.07) is 0.372. The minimum absolute atomic E-state index is 0.0703. The zero-order chi connectivity index (χ0) is 11.3. The number of methoxy groups -OCH3 is 1. The molecule has 0 bridgehead atoms. The minimum Gasteiger partial charge on any atom is -0.467 e. The number of hydrogen-bond acceptors (Lipinski definition) is 3. The van der Waals surface area contributed by atoms with Crippen molar-refractivity contribution in [2.75, 3.05) is 13.7 Å². The Bertz CT molecular complexity index is 217. The van der Waals surface area contributed by atoms with Crippen LogP contribution in [-0.2, 0) is 9.53 Å². The summed E-state index contributed by atoms with van der Waals surface area (Å²) >= 11 is 0. The van der Waals surface area contributed by atoms with Crippen LogP contribution in [0.5, 0.6) is 0 Å². The number of esters is 1. The molecule has 3 nitrogen and oxygen atoms in total. The monoisotopic (exact) mass is 217 g/mol. The van der Waals surface area contributed by atoms with Gasteiger partial charge in [0.2, 0.25) is 5.67 Å². The van der Waals surface area contributed by atoms with Gasteiger partial charge in [-0.2, -0.15) is 0 Å². The lowest BCUT2D eigenvalue weighted by Crippen LogP contribution is -2.46. The van der Waals surface area contributed by atoms with Crippen LogP contribution in [0.1, 0.15) is 39.0 Å². The van der Waals surface area contributed by atoms with E-state index in [2.05, 4.69) is 10.1 Å². The molecule has 0 spiro atoms. The number of halogens is 1. The normalized spacial score (nSPS) is 21.3. The van der Waals surface area contributed by atoms with Gasteiger partial charge in [-0.3, -0.25) is 0 Å². The van der Waals surface area contributed by atoms with E-state index < -0.39 is 11.6 Å². The molecule has 15 heavy (non-hydrogen) atoms. The molecule has 1 atom stereocenters. The smallest absolute Gasteiger partial charge is 0.344 e. The first-order valence-electron chi connectivity index (χ1n) is 5.63. The molecule has 0 aromatic carbocycles. The van der Waals surface area contributed by atoms with E-state index in [1.54, 1.807) is 6.92 Å². The van der Waals surface area contributed by atoms with Crippen LogP contribution < -0.4 is 5.32 Å². The Hall–Kier alpha value is -0.640. The highest BCUT2D eigenvalue weighted by atomic mass is 19.1. The molecule has 0 aliphatic heterocycles. The fourth-order valence-corrected chi connectivity index (χ4v) is 1.96. The summed E-state index contributed by atoms with van der Waals surface area (Å²) in [5.41, 5.74) is -1.86. The third-order valence-corrected chi connectivity index (χ3v) is 3.14. The van der Waals surface area contributed by atoms with E-state index in [4.69, 9.17) is 0 Å². The Balaban J connectivity index is 2.41. The average Bonchev–Trinajstić information content (AvgIpc) is 2.77. The summed E-state index contributed by atoms with van der Waals surface area (Å²) in [5, 5.41) is 3.11. The van der Waals surface area contributed by atoms with Gasteiger partial charge in [0, 0.05) is 12.6 Å². The summed E-state index contributed by atoms with van der Waals surface area (Å²) in [5.74, 6) is -0.768. The van der Waals surface area contributed by atoms with Crippen molar-refractivity contribution >= 4 is 5.97 Å². The SMILES string of the molecule is CCC(F)(CNC1CCCC1)C(=O)OC. The summed E-state index contributed by atoms with van der Waals surface area (Å²) in [6.07, 6.45) is 4.71. The van der Waals surface area contributed by atoms with Gasteiger partial charge in [-0.05, 0) is 19.3 Å². The van der Waals surface area contributed by atoms with Gasteiger partial charge in [-0.25, -0.2) is 9.18 Å². The molecule has 0 aromatic rings. The molecule has 1 unspecified atom stereocenters.